The third-order valence-corrected chi connectivity index (χ3v) is 5.72. The van der Waals surface area contributed by atoms with Crippen LogP contribution in [0.3, 0.4) is 0 Å². The number of benzene rings is 1. The molecule has 2 N–H and O–H groups in total. The van der Waals surface area contributed by atoms with Crippen LogP contribution in [0.2, 0.25) is 5.02 Å². The molecule has 4 rings (SSSR count). The number of aromatic nitrogens is 3. The molecule has 8 heteroatoms. The van der Waals surface area contributed by atoms with Crippen molar-refractivity contribution in [3.63, 3.8) is 0 Å². The fourth-order valence-electron chi connectivity index (χ4n) is 3.58. The number of ether oxygens (including phenoxy) is 1. The molecule has 0 bridgehead atoms. The van der Waals surface area contributed by atoms with E-state index in [0.29, 0.717) is 53.8 Å². The summed E-state index contributed by atoms with van der Waals surface area (Å²) >= 11 is 6.43. The van der Waals surface area contributed by atoms with Gasteiger partial charge in [-0.05, 0) is 19.9 Å². The van der Waals surface area contributed by atoms with Gasteiger partial charge in [0.25, 0.3) is 6.01 Å². The van der Waals surface area contributed by atoms with Crippen molar-refractivity contribution in [1.29, 1.82) is 0 Å². The summed E-state index contributed by atoms with van der Waals surface area (Å²) in [4.78, 5) is 26.5. The monoisotopic (exact) mass is 428 g/mol. The number of aliphatic hydroxyl groups is 1. The van der Waals surface area contributed by atoms with Gasteiger partial charge >= 0.3 is 0 Å². The minimum atomic E-state index is -0.756. The van der Waals surface area contributed by atoms with Crippen molar-refractivity contribution in [2.75, 3.05) is 19.7 Å². The molecule has 7 nitrogen and oxygen atoms in total. The van der Waals surface area contributed by atoms with E-state index in [9.17, 15) is 9.90 Å². The molecule has 0 atom stereocenters. The van der Waals surface area contributed by atoms with Gasteiger partial charge < -0.3 is 19.7 Å². The van der Waals surface area contributed by atoms with Crippen LogP contribution in [0.1, 0.15) is 26.7 Å². The van der Waals surface area contributed by atoms with E-state index in [2.05, 4.69) is 15.0 Å². The highest BCUT2D eigenvalue weighted by Crippen LogP contribution is 2.30. The second-order valence-electron chi connectivity index (χ2n) is 8.25. The molecular formula is C22H25ClN4O3. The Balaban J connectivity index is 1.45. The quantitative estimate of drug-likeness (QED) is 0.647. The molecule has 0 radical (unpaired) electrons. The lowest BCUT2D eigenvalue weighted by molar-refractivity contribution is -0.144. The van der Waals surface area contributed by atoms with Gasteiger partial charge in [-0.25, -0.2) is 4.98 Å². The zero-order valence-electron chi connectivity index (χ0n) is 17.1. The van der Waals surface area contributed by atoms with Crippen LogP contribution in [0.25, 0.3) is 22.4 Å². The Kier molecular flexibility index (Phi) is 5.66. The van der Waals surface area contributed by atoms with E-state index in [4.69, 9.17) is 16.3 Å². The molecule has 0 aliphatic carbocycles. The van der Waals surface area contributed by atoms with Crippen molar-refractivity contribution in [2.24, 2.45) is 5.41 Å². The molecular weight excluding hydrogens is 404 g/mol. The lowest BCUT2D eigenvalue weighted by Crippen LogP contribution is -2.48. The summed E-state index contributed by atoms with van der Waals surface area (Å²) in [7, 11) is 0. The molecule has 158 valence electrons. The van der Waals surface area contributed by atoms with E-state index in [1.165, 1.54) is 0 Å². The average Bonchev–Trinajstić information content (AvgIpc) is 3.14. The van der Waals surface area contributed by atoms with Gasteiger partial charge in [0.1, 0.15) is 6.10 Å². The Morgan fingerprint density at radius 2 is 1.97 bits per heavy atom. The number of aromatic amines is 1. The molecule has 1 fully saturated rings. The third kappa shape index (κ3) is 4.13. The molecule has 1 aliphatic heterocycles. The van der Waals surface area contributed by atoms with Gasteiger partial charge in [0.15, 0.2) is 5.65 Å². The number of nitrogens with one attached hydrogen (secondary N) is 1. The van der Waals surface area contributed by atoms with E-state index in [1.54, 1.807) is 18.7 Å². The number of rotatable bonds is 5. The smallest absolute Gasteiger partial charge is 0.296 e. The first-order valence-electron chi connectivity index (χ1n) is 10.1. The van der Waals surface area contributed by atoms with Crippen LogP contribution in [0.4, 0.5) is 0 Å². The van der Waals surface area contributed by atoms with E-state index in [-0.39, 0.29) is 18.6 Å². The Morgan fingerprint density at radius 3 is 2.63 bits per heavy atom. The SMILES string of the molecule is CC(C)(CO)C(=O)N1CCC(Oc2nc3nc(-c4ccccc4)c(Cl)cc3[nH]2)CC1. The fourth-order valence-corrected chi connectivity index (χ4v) is 3.84. The molecule has 2 aromatic heterocycles. The second kappa shape index (κ2) is 8.24. The van der Waals surface area contributed by atoms with E-state index < -0.39 is 5.41 Å². The van der Waals surface area contributed by atoms with E-state index >= 15 is 0 Å². The van der Waals surface area contributed by atoms with Crippen LogP contribution in [0, 0.1) is 5.41 Å². The molecule has 0 unspecified atom stereocenters. The van der Waals surface area contributed by atoms with Crippen molar-refractivity contribution in [1.82, 2.24) is 19.9 Å². The third-order valence-electron chi connectivity index (χ3n) is 5.43. The van der Waals surface area contributed by atoms with Gasteiger partial charge in [0.05, 0.1) is 28.3 Å². The maximum atomic E-state index is 12.5. The van der Waals surface area contributed by atoms with Gasteiger partial charge in [0.2, 0.25) is 5.91 Å². The molecule has 0 saturated carbocycles. The topological polar surface area (TPSA) is 91.3 Å². The Morgan fingerprint density at radius 1 is 1.27 bits per heavy atom. The second-order valence-corrected chi connectivity index (χ2v) is 8.66. The van der Waals surface area contributed by atoms with Crippen LogP contribution >= 0.6 is 11.6 Å². The number of halogens is 1. The average molecular weight is 429 g/mol. The fraction of sp³-hybridized carbons (Fsp3) is 0.409. The van der Waals surface area contributed by atoms with Gasteiger partial charge in [-0.15, -0.1) is 0 Å². The largest absolute Gasteiger partial charge is 0.461 e. The number of carbonyl (C=O) groups excluding carboxylic acids is 1. The Hall–Kier alpha value is -2.64. The number of imidazole rings is 1. The highest BCUT2D eigenvalue weighted by molar-refractivity contribution is 6.33. The predicted octanol–water partition coefficient (Wildman–Crippen LogP) is 3.67. The lowest BCUT2D eigenvalue weighted by atomic mass is 9.91. The number of likely N-dealkylation sites (tertiary alicyclic amines) is 1. The zero-order valence-corrected chi connectivity index (χ0v) is 17.8. The van der Waals surface area contributed by atoms with E-state index in [0.717, 1.165) is 5.56 Å². The number of hydrogen-bond acceptors (Lipinski definition) is 5. The number of piperidine rings is 1. The summed E-state index contributed by atoms with van der Waals surface area (Å²) in [6.45, 7) is 4.54. The first-order chi connectivity index (χ1) is 14.4. The van der Waals surface area contributed by atoms with Gasteiger partial charge in [-0.3, -0.25) is 4.79 Å². The number of amides is 1. The highest BCUT2D eigenvalue weighted by Gasteiger charge is 2.34. The number of aliphatic hydroxyl groups excluding tert-OH is 1. The zero-order chi connectivity index (χ0) is 21.3. The summed E-state index contributed by atoms with van der Waals surface area (Å²) in [6, 6.07) is 11.9. The van der Waals surface area contributed by atoms with Crippen molar-refractivity contribution in [3.8, 4) is 17.3 Å². The van der Waals surface area contributed by atoms with Crippen molar-refractivity contribution >= 4 is 28.7 Å². The Bertz CT molecular complexity index is 1040. The maximum Gasteiger partial charge on any atom is 0.296 e. The molecule has 3 aromatic rings. The highest BCUT2D eigenvalue weighted by atomic mass is 35.5. The minimum absolute atomic E-state index is 0.0283. The number of carbonyl (C=O) groups is 1. The van der Waals surface area contributed by atoms with Gasteiger partial charge in [-0.2, -0.15) is 4.98 Å². The minimum Gasteiger partial charge on any atom is -0.461 e. The standard InChI is InChI=1S/C22H25ClN4O3/c1-22(2,13-28)20(29)27-10-8-15(9-11-27)30-21-24-17-12-16(23)18(25-19(17)26-21)14-6-4-3-5-7-14/h3-7,12,15,28H,8-11,13H2,1-2H3,(H,24,25,26). The Labute approximate surface area is 180 Å². The molecule has 0 spiro atoms. The summed E-state index contributed by atoms with van der Waals surface area (Å²) in [5, 5.41) is 9.97. The maximum absolute atomic E-state index is 12.5. The summed E-state index contributed by atoms with van der Waals surface area (Å²) in [5.74, 6) is -0.0283. The first kappa shape index (κ1) is 20.6. The summed E-state index contributed by atoms with van der Waals surface area (Å²) in [5.41, 5.74) is 2.12. The van der Waals surface area contributed by atoms with E-state index in [1.807, 2.05) is 36.4 Å². The first-order valence-corrected chi connectivity index (χ1v) is 10.4. The molecule has 1 aliphatic rings. The van der Waals surface area contributed by atoms with Crippen molar-refractivity contribution in [3.05, 3.63) is 41.4 Å². The number of pyridine rings is 1. The van der Waals surface area contributed by atoms with Crippen LogP contribution in [-0.2, 0) is 4.79 Å². The van der Waals surface area contributed by atoms with Crippen molar-refractivity contribution in [2.45, 2.75) is 32.8 Å². The summed E-state index contributed by atoms with van der Waals surface area (Å²) in [6.07, 6.45) is 1.36. The van der Waals surface area contributed by atoms with Crippen LogP contribution < -0.4 is 4.74 Å². The number of hydrogen-bond donors (Lipinski definition) is 2. The normalized spacial score (nSPS) is 15.5. The van der Waals surface area contributed by atoms with Crippen LogP contribution in [0.5, 0.6) is 6.01 Å². The molecule has 1 aromatic carbocycles. The number of nitrogens with zero attached hydrogens (tertiary/aromatic N) is 3. The molecule has 1 saturated heterocycles. The molecule has 30 heavy (non-hydrogen) atoms. The molecule has 1 amide bonds. The predicted molar refractivity (Wildman–Crippen MR) is 115 cm³/mol. The number of fused-ring (bicyclic) bond motifs is 1. The van der Waals surface area contributed by atoms with Gasteiger partial charge in [0, 0.05) is 31.5 Å². The molecule has 3 heterocycles. The van der Waals surface area contributed by atoms with Crippen LogP contribution in [0.15, 0.2) is 36.4 Å². The summed E-state index contributed by atoms with van der Waals surface area (Å²) < 4.78 is 6.03. The van der Waals surface area contributed by atoms with Crippen LogP contribution in [-0.4, -0.2) is 56.7 Å². The lowest BCUT2D eigenvalue weighted by Gasteiger charge is -2.36. The number of H-pyrrole nitrogens is 1. The van der Waals surface area contributed by atoms with Gasteiger partial charge in [-0.1, -0.05) is 41.9 Å². The van der Waals surface area contributed by atoms with Crippen molar-refractivity contribution < 1.29 is 14.6 Å².